The first kappa shape index (κ1) is 17.3. The molecule has 4 nitrogen and oxygen atoms in total. The molecule has 3 rings (SSSR count). The van der Waals surface area contributed by atoms with E-state index in [0.29, 0.717) is 38.2 Å². The Balaban J connectivity index is 1.59. The standard InChI is InChI=1S/C18H24F2N2O2/c1-14-3-2-4-15(11-14)16(23)22-10-5-17(24,13-22)12-21-8-6-18(19,20)7-9-21/h2-4,11,24H,5-10,12-13H2,1H3. The van der Waals surface area contributed by atoms with Crippen molar-refractivity contribution in [3.05, 3.63) is 35.4 Å². The molecule has 2 aliphatic rings. The van der Waals surface area contributed by atoms with Gasteiger partial charge in [-0.3, -0.25) is 9.69 Å². The van der Waals surface area contributed by atoms with E-state index in [4.69, 9.17) is 0 Å². The topological polar surface area (TPSA) is 43.8 Å². The number of nitrogens with zero attached hydrogens (tertiary/aromatic N) is 2. The van der Waals surface area contributed by atoms with E-state index in [0.717, 1.165) is 5.56 Å². The first-order valence-corrected chi connectivity index (χ1v) is 8.45. The molecule has 0 aromatic heterocycles. The molecule has 0 radical (unpaired) electrons. The van der Waals surface area contributed by atoms with Crippen molar-refractivity contribution in [1.29, 1.82) is 0 Å². The highest BCUT2D eigenvalue weighted by Gasteiger charge is 2.42. The number of piperidine rings is 1. The van der Waals surface area contributed by atoms with Crippen molar-refractivity contribution >= 4 is 5.91 Å². The molecule has 1 aromatic rings. The predicted molar refractivity (Wildman–Crippen MR) is 87.3 cm³/mol. The van der Waals surface area contributed by atoms with Crippen LogP contribution in [0, 0.1) is 6.92 Å². The van der Waals surface area contributed by atoms with Gasteiger partial charge in [-0.2, -0.15) is 0 Å². The average Bonchev–Trinajstić information content (AvgIpc) is 2.91. The van der Waals surface area contributed by atoms with E-state index in [2.05, 4.69) is 0 Å². The number of aryl methyl sites for hydroxylation is 1. The van der Waals surface area contributed by atoms with Gasteiger partial charge < -0.3 is 10.0 Å². The first-order valence-electron chi connectivity index (χ1n) is 8.45. The first-order chi connectivity index (χ1) is 11.3. The normalized spacial score (nSPS) is 27.4. The van der Waals surface area contributed by atoms with Crippen LogP contribution >= 0.6 is 0 Å². The number of carbonyl (C=O) groups is 1. The molecule has 1 atom stereocenters. The number of hydrogen-bond acceptors (Lipinski definition) is 3. The van der Waals surface area contributed by atoms with E-state index in [1.807, 2.05) is 30.0 Å². The Morgan fingerprint density at radius 2 is 1.92 bits per heavy atom. The van der Waals surface area contributed by atoms with Crippen molar-refractivity contribution in [3.63, 3.8) is 0 Å². The maximum Gasteiger partial charge on any atom is 0.253 e. The Hall–Kier alpha value is -1.53. The third-order valence-electron chi connectivity index (χ3n) is 4.99. The van der Waals surface area contributed by atoms with Crippen LogP contribution in [0.5, 0.6) is 0 Å². The SMILES string of the molecule is Cc1cccc(C(=O)N2CCC(O)(CN3CCC(F)(F)CC3)C2)c1. The maximum absolute atomic E-state index is 13.2. The summed E-state index contributed by atoms with van der Waals surface area (Å²) in [5, 5.41) is 10.8. The minimum atomic E-state index is -2.58. The summed E-state index contributed by atoms with van der Waals surface area (Å²) >= 11 is 0. The molecule has 1 N–H and O–H groups in total. The lowest BCUT2D eigenvalue weighted by Gasteiger charge is -2.36. The second kappa shape index (κ2) is 6.41. The third kappa shape index (κ3) is 3.92. The molecule has 1 unspecified atom stereocenters. The van der Waals surface area contributed by atoms with Gasteiger partial charge in [0.1, 0.15) is 0 Å². The number of likely N-dealkylation sites (tertiary alicyclic amines) is 2. The molecule has 2 fully saturated rings. The van der Waals surface area contributed by atoms with Crippen LogP contribution in [0.2, 0.25) is 0 Å². The molecule has 2 heterocycles. The largest absolute Gasteiger partial charge is 0.387 e. The molecule has 1 amide bonds. The van der Waals surface area contributed by atoms with Crippen molar-refractivity contribution in [2.45, 2.75) is 37.7 Å². The number of benzene rings is 1. The molecule has 6 heteroatoms. The van der Waals surface area contributed by atoms with Crippen molar-refractivity contribution in [2.75, 3.05) is 32.7 Å². The van der Waals surface area contributed by atoms with Crippen LogP contribution in [0.4, 0.5) is 8.78 Å². The van der Waals surface area contributed by atoms with Crippen LogP contribution in [-0.4, -0.2) is 65.1 Å². The highest BCUT2D eigenvalue weighted by Crippen LogP contribution is 2.30. The van der Waals surface area contributed by atoms with E-state index >= 15 is 0 Å². The van der Waals surface area contributed by atoms with Gasteiger partial charge in [0.15, 0.2) is 0 Å². The Morgan fingerprint density at radius 1 is 1.21 bits per heavy atom. The zero-order valence-electron chi connectivity index (χ0n) is 14.0. The van der Waals surface area contributed by atoms with E-state index in [1.54, 1.807) is 11.0 Å². The summed E-state index contributed by atoms with van der Waals surface area (Å²) in [4.78, 5) is 16.1. The minimum absolute atomic E-state index is 0.0835. The molecule has 0 aliphatic carbocycles. The zero-order chi connectivity index (χ0) is 17.4. The van der Waals surface area contributed by atoms with Crippen molar-refractivity contribution in [2.24, 2.45) is 0 Å². The summed E-state index contributed by atoms with van der Waals surface area (Å²) in [5.41, 5.74) is 0.632. The molecule has 0 saturated carbocycles. The van der Waals surface area contributed by atoms with Crippen LogP contribution in [-0.2, 0) is 0 Å². The molecule has 24 heavy (non-hydrogen) atoms. The summed E-state index contributed by atoms with van der Waals surface area (Å²) in [7, 11) is 0. The fraction of sp³-hybridized carbons (Fsp3) is 0.611. The molecule has 2 aliphatic heterocycles. The van der Waals surface area contributed by atoms with Gasteiger partial charge >= 0.3 is 0 Å². The van der Waals surface area contributed by atoms with Gasteiger partial charge in [-0.25, -0.2) is 8.78 Å². The average molecular weight is 338 g/mol. The number of carbonyl (C=O) groups excluding carboxylic acids is 1. The number of rotatable bonds is 3. The van der Waals surface area contributed by atoms with E-state index in [9.17, 15) is 18.7 Å². The summed E-state index contributed by atoms with van der Waals surface area (Å²) in [5.74, 6) is -2.66. The molecule has 2 saturated heterocycles. The van der Waals surface area contributed by atoms with E-state index < -0.39 is 11.5 Å². The van der Waals surface area contributed by atoms with Gasteiger partial charge in [-0.1, -0.05) is 17.7 Å². The number of amides is 1. The summed E-state index contributed by atoms with van der Waals surface area (Å²) in [6, 6.07) is 7.40. The third-order valence-corrected chi connectivity index (χ3v) is 4.99. The second-order valence-electron chi connectivity index (χ2n) is 7.20. The molecule has 132 valence electrons. The minimum Gasteiger partial charge on any atom is -0.387 e. The Morgan fingerprint density at radius 3 is 2.58 bits per heavy atom. The van der Waals surface area contributed by atoms with Gasteiger partial charge in [0, 0.05) is 44.6 Å². The highest BCUT2D eigenvalue weighted by molar-refractivity contribution is 5.94. The van der Waals surface area contributed by atoms with Crippen molar-refractivity contribution in [1.82, 2.24) is 9.80 Å². The molecule has 1 aromatic carbocycles. The summed E-state index contributed by atoms with van der Waals surface area (Å²) in [6.45, 7) is 3.62. The van der Waals surface area contributed by atoms with Gasteiger partial charge in [0.05, 0.1) is 12.1 Å². The van der Waals surface area contributed by atoms with Crippen LogP contribution in [0.1, 0.15) is 35.2 Å². The highest BCUT2D eigenvalue weighted by atomic mass is 19.3. The second-order valence-corrected chi connectivity index (χ2v) is 7.20. The number of aliphatic hydroxyl groups is 1. The Bertz CT molecular complexity index is 613. The van der Waals surface area contributed by atoms with E-state index in [-0.39, 0.29) is 25.3 Å². The van der Waals surface area contributed by atoms with Gasteiger partial charge in [0.2, 0.25) is 0 Å². The molecule has 0 spiro atoms. The summed E-state index contributed by atoms with van der Waals surface area (Å²) in [6.07, 6.45) is 0.168. The van der Waals surface area contributed by atoms with Gasteiger partial charge in [-0.05, 0) is 25.5 Å². The Labute approximate surface area is 141 Å². The van der Waals surface area contributed by atoms with Crippen LogP contribution in [0.15, 0.2) is 24.3 Å². The predicted octanol–water partition coefficient (Wildman–Crippen LogP) is 2.30. The number of halogens is 2. The van der Waals surface area contributed by atoms with E-state index in [1.165, 1.54) is 0 Å². The van der Waals surface area contributed by atoms with Gasteiger partial charge in [0.25, 0.3) is 11.8 Å². The molecular weight excluding hydrogens is 314 g/mol. The van der Waals surface area contributed by atoms with Crippen LogP contribution < -0.4 is 0 Å². The lowest BCUT2D eigenvalue weighted by molar-refractivity contribution is -0.0720. The lowest BCUT2D eigenvalue weighted by Crippen LogP contribution is -2.49. The van der Waals surface area contributed by atoms with Gasteiger partial charge in [-0.15, -0.1) is 0 Å². The summed E-state index contributed by atoms with van der Waals surface area (Å²) < 4.78 is 26.5. The lowest BCUT2D eigenvalue weighted by atomic mass is 10.00. The smallest absolute Gasteiger partial charge is 0.253 e. The monoisotopic (exact) mass is 338 g/mol. The fourth-order valence-corrected chi connectivity index (χ4v) is 3.57. The fourth-order valence-electron chi connectivity index (χ4n) is 3.57. The van der Waals surface area contributed by atoms with Crippen LogP contribution in [0.25, 0.3) is 0 Å². The van der Waals surface area contributed by atoms with Crippen molar-refractivity contribution < 1.29 is 18.7 Å². The number of alkyl halides is 2. The quantitative estimate of drug-likeness (QED) is 0.920. The molecular formula is C18H24F2N2O2. The zero-order valence-corrected chi connectivity index (χ0v) is 14.0. The maximum atomic E-state index is 13.2. The van der Waals surface area contributed by atoms with Crippen LogP contribution in [0.3, 0.4) is 0 Å². The van der Waals surface area contributed by atoms with Crippen molar-refractivity contribution in [3.8, 4) is 0 Å². The molecule has 0 bridgehead atoms. The number of hydrogen-bond donors (Lipinski definition) is 1. The Kier molecular flexibility index (Phi) is 4.62. The number of β-amino-alcohol motifs (C(OH)–C–C–N with tert-alkyl or cyclic N) is 1.